The first-order valence-corrected chi connectivity index (χ1v) is 7.83. The van der Waals surface area contributed by atoms with Gasteiger partial charge in [0.1, 0.15) is 5.25 Å². The summed E-state index contributed by atoms with van der Waals surface area (Å²) in [5, 5.41) is 5.64. The van der Waals surface area contributed by atoms with Gasteiger partial charge in [0.25, 0.3) is 0 Å². The van der Waals surface area contributed by atoms with Gasteiger partial charge in [0, 0.05) is 17.4 Å². The van der Waals surface area contributed by atoms with Crippen LogP contribution in [0.4, 0.5) is 5.69 Å². The van der Waals surface area contributed by atoms with Crippen molar-refractivity contribution in [3.63, 3.8) is 0 Å². The Labute approximate surface area is 129 Å². The van der Waals surface area contributed by atoms with Crippen LogP contribution in [0.15, 0.2) is 33.7 Å². The lowest BCUT2D eigenvalue weighted by molar-refractivity contribution is -0.122. The maximum Gasteiger partial charge on any atom is 0.240 e. The van der Waals surface area contributed by atoms with Crippen LogP contribution in [0.3, 0.4) is 0 Å². The molecule has 1 heterocycles. The minimum atomic E-state index is -0.414. The Kier molecular flexibility index (Phi) is 5.19. The quantitative estimate of drug-likeness (QED) is 0.870. The highest BCUT2D eigenvalue weighted by molar-refractivity contribution is 9.10. The molecule has 0 aliphatic carbocycles. The number of nitrogens with one attached hydrogen (secondary N) is 2. The average molecular weight is 356 g/mol. The third-order valence-electron chi connectivity index (χ3n) is 2.60. The van der Waals surface area contributed by atoms with Gasteiger partial charge in [-0.05, 0) is 35.0 Å². The molecule has 0 unspecified atom stereocenters. The van der Waals surface area contributed by atoms with Crippen LogP contribution in [0.25, 0.3) is 0 Å². The molecule has 0 saturated carbocycles. The average Bonchev–Trinajstić information content (AvgIpc) is 2.73. The zero-order chi connectivity index (χ0) is 14.5. The smallest absolute Gasteiger partial charge is 0.240 e. The summed E-state index contributed by atoms with van der Waals surface area (Å²) in [7, 11) is 0. The molecule has 1 atom stereocenters. The number of amides is 2. The lowest BCUT2D eigenvalue weighted by atomic mass is 10.2. The van der Waals surface area contributed by atoms with Crippen molar-refractivity contribution in [1.29, 1.82) is 0 Å². The molecular weight excluding hydrogens is 342 g/mol. The van der Waals surface area contributed by atoms with E-state index < -0.39 is 5.25 Å². The van der Waals surface area contributed by atoms with Crippen LogP contribution in [0.2, 0.25) is 0 Å². The van der Waals surface area contributed by atoms with E-state index in [1.165, 1.54) is 11.8 Å². The Bertz CT molecular complexity index is 562. The number of carbonyl (C=O) groups is 2. The third-order valence-corrected chi connectivity index (χ3v) is 4.41. The number of rotatable bonds is 4. The van der Waals surface area contributed by atoms with Gasteiger partial charge < -0.3 is 10.6 Å². The van der Waals surface area contributed by atoms with Gasteiger partial charge in [0.2, 0.25) is 11.8 Å². The molecule has 1 saturated heterocycles. The van der Waals surface area contributed by atoms with E-state index in [1.807, 2.05) is 25.1 Å². The van der Waals surface area contributed by atoms with Crippen molar-refractivity contribution in [3.05, 3.63) is 28.7 Å². The molecule has 20 heavy (non-hydrogen) atoms. The lowest BCUT2D eigenvalue weighted by Gasteiger charge is -2.08. The highest BCUT2D eigenvalue weighted by atomic mass is 79.9. The minimum absolute atomic E-state index is 0.126. The zero-order valence-corrected chi connectivity index (χ0v) is 13.3. The molecule has 5 nitrogen and oxygen atoms in total. The van der Waals surface area contributed by atoms with Gasteiger partial charge in [0.15, 0.2) is 5.17 Å². The number of benzene rings is 1. The van der Waals surface area contributed by atoms with Crippen LogP contribution in [-0.2, 0) is 9.59 Å². The molecule has 1 aromatic rings. The Hall–Kier alpha value is -1.34. The fourth-order valence-electron chi connectivity index (χ4n) is 1.69. The van der Waals surface area contributed by atoms with E-state index in [2.05, 4.69) is 31.6 Å². The third kappa shape index (κ3) is 3.83. The van der Waals surface area contributed by atoms with Crippen molar-refractivity contribution in [2.45, 2.75) is 18.6 Å². The van der Waals surface area contributed by atoms with Crippen molar-refractivity contribution in [3.8, 4) is 0 Å². The van der Waals surface area contributed by atoms with Crippen molar-refractivity contribution in [1.82, 2.24) is 5.32 Å². The second-order valence-electron chi connectivity index (χ2n) is 4.11. The summed E-state index contributed by atoms with van der Waals surface area (Å²) >= 11 is 4.66. The van der Waals surface area contributed by atoms with Crippen LogP contribution in [-0.4, -0.2) is 28.8 Å². The number of aliphatic imine (C=N–C) groups is 1. The Balaban J connectivity index is 1.94. The van der Waals surface area contributed by atoms with E-state index in [1.54, 1.807) is 6.07 Å². The molecule has 2 rings (SSSR count). The molecule has 1 aliphatic rings. The molecule has 0 radical (unpaired) electrons. The van der Waals surface area contributed by atoms with Crippen molar-refractivity contribution in [2.24, 2.45) is 4.99 Å². The molecule has 2 amide bonds. The number of halogens is 1. The van der Waals surface area contributed by atoms with Gasteiger partial charge in [0.05, 0.1) is 5.69 Å². The number of thioether (sulfide) groups is 1. The highest BCUT2D eigenvalue weighted by Gasteiger charge is 2.31. The number of hydrogen-bond donors (Lipinski definition) is 2. The number of hydrogen-bond acceptors (Lipinski definition) is 4. The molecule has 1 fully saturated rings. The fourth-order valence-corrected chi connectivity index (χ4v) is 3.11. The molecule has 0 spiro atoms. The number of carbonyl (C=O) groups excluding carboxylic acids is 2. The fraction of sp³-hybridized carbons (Fsp3) is 0.308. The molecule has 7 heteroatoms. The largest absolute Gasteiger partial charge is 0.325 e. The van der Waals surface area contributed by atoms with Gasteiger partial charge in [-0.2, -0.15) is 0 Å². The molecule has 106 valence electrons. The number of nitrogens with zero attached hydrogens (tertiary/aromatic N) is 1. The molecule has 1 aromatic carbocycles. The molecular formula is C13H14BrN3O2S. The van der Waals surface area contributed by atoms with Crippen molar-refractivity contribution >= 4 is 50.4 Å². The Morgan fingerprint density at radius 2 is 2.25 bits per heavy atom. The lowest BCUT2D eigenvalue weighted by Crippen LogP contribution is -2.28. The summed E-state index contributed by atoms with van der Waals surface area (Å²) in [6.45, 7) is 2.51. The van der Waals surface area contributed by atoms with E-state index in [9.17, 15) is 9.59 Å². The predicted octanol–water partition coefficient (Wildman–Crippen LogP) is 2.39. The summed E-state index contributed by atoms with van der Waals surface area (Å²) in [5.41, 5.74) is 0.698. The zero-order valence-electron chi connectivity index (χ0n) is 10.9. The van der Waals surface area contributed by atoms with Crippen molar-refractivity contribution < 1.29 is 9.59 Å². The van der Waals surface area contributed by atoms with E-state index in [4.69, 9.17) is 0 Å². The monoisotopic (exact) mass is 355 g/mol. The molecule has 0 aromatic heterocycles. The van der Waals surface area contributed by atoms with E-state index in [-0.39, 0.29) is 18.2 Å². The summed E-state index contributed by atoms with van der Waals surface area (Å²) in [4.78, 5) is 27.8. The first-order chi connectivity index (χ1) is 9.60. The molecule has 2 N–H and O–H groups in total. The number of para-hydroxylation sites is 1. The van der Waals surface area contributed by atoms with E-state index in [0.717, 1.165) is 4.47 Å². The van der Waals surface area contributed by atoms with Gasteiger partial charge in [-0.1, -0.05) is 23.9 Å². The maximum atomic E-state index is 12.0. The summed E-state index contributed by atoms with van der Waals surface area (Å²) in [5.74, 6) is -0.355. The normalized spacial score (nSPS) is 20.0. The first-order valence-electron chi connectivity index (χ1n) is 6.16. The van der Waals surface area contributed by atoms with Gasteiger partial charge in [-0.15, -0.1) is 0 Å². The highest BCUT2D eigenvalue weighted by Crippen LogP contribution is 2.25. The molecule has 0 bridgehead atoms. The van der Waals surface area contributed by atoms with Gasteiger partial charge in [-0.25, -0.2) is 0 Å². The second-order valence-corrected chi connectivity index (χ2v) is 6.15. The van der Waals surface area contributed by atoms with Gasteiger partial charge in [-0.3, -0.25) is 14.6 Å². The minimum Gasteiger partial charge on any atom is -0.325 e. The Morgan fingerprint density at radius 1 is 1.50 bits per heavy atom. The summed E-state index contributed by atoms with van der Waals surface area (Å²) < 4.78 is 0.810. The maximum absolute atomic E-state index is 12.0. The second kappa shape index (κ2) is 6.90. The standard InChI is InChI=1S/C13H14BrN3O2S/c1-2-15-13-17-12(19)10(20-13)7-11(18)16-9-6-4-3-5-8(9)14/h3-6,10H,2,7H2,1H3,(H,16,18)(H,15,17,19)/t10-/m1/s1. The number of anilines is 1. The van der Waals surface area contributed by atoms with Crippen LogP contribution < -0.4 is 10.6 Å². The summed E-state index contributed by atoms with van der Waals surface area (Å²) in [6, 6.07) is 7.35. The predicted molar refractivity (Wildman–Crippen MR) is 84.9 cm³/mol. The van der Waals surface area contributed by atoms with Crippen LogP contribution in [0, 0.1) is 0 Å². The SMILES string of the molecule is CCN=C1NC(=O)[C@@H](CC(=O)Nc2ccccc2Br)S1. The van der Waals surface area contributed by atoms with E-state index in [0.29, 0.717) is 17.4 Å². The first kappa shape index (κ1) is 15.1. The van der Waals surface area contributed by atoms with Crippen LogP contribution in [0.1, 0.15) is 13.3 Å². The summed E-state index contributed by atoms with van der Waals surface area (Å²) in [6.07, 6.45) is 0.126. The van der Waals surface area contributed by atoms with Crippen LogP contribution in [0.5, 0.6) is 0 Å². The van der Waals surface area contributed by atoms with Crippen LogP contribution >= 0.6 is 27.7 Å². The Morgan fingerprint density at radius 3 is 2.95 bits per heavy atom. The topological polar surface area (TPSA) is 70.6 Å². The van der Waals surface area contributed by atoms with E-state index >= 15 is 0 Å². The van der Waals surface area contributed by atoms with Gasteiger partial charge >= 0.3 is 0 Å². The number of amidine groups is 1. The molecule has 1 aliphatic heterocycles. The van der Waals surface area contributed by atoms with Crippen molar-refractivity contribution in [2.75, 3.05) is 11.9 Å².